The van der Waals surface area contributed by atoms with Crippen LogP contribution >= 0.6 is 22.3 Å². The first-order chi connectivity index (χ1) is 12.8. The van der Waals surface area contributed by atoms with Crippen LogP contribution in [0.2, 0.25) is 5.02 Å². The number of nitrogens with one attached hydrogen (secondary N) is 1. The van der Waals surface area contributed by atoms with Crippen molar-refractivity contribution in [3.05, 3.63) is 47.4 Å². The Hall–Kier alpha value is -1.45. The molecule has 2 atom stereocenters. The number of nitrogens with zero attached hydrogens (tertiary/aromatic N) is 1. The number of benzene rings is 1. The molecule has 0 spiro atoms. The number of ether oxygens (including phenoxy) is 2. The highest BCUT2D eigenvalue weighted by Crippen LogP contribution is 2.26. The van der Waals surface area contributed by atoms with Gasteiger partial charge in [-0.3, -0.25) is 4.98 Å². The summed E-state index contributed by atoms with van der Waals surface area (Å²) in [5.74, 6) is -0.773. The SMILES string of the molecule is O=S(=O)(Cl)NC1CCOCC1COc1ccc(-c2ccc(Cl)cn2)cc1F. The Kier molecular flexibility index (Phi) is 6.54. The van der Waals surface area contributed by atoms with E-state index in [1.54, 1.807) is 18.2 Å². The normalized spacial score (nSPS) is 20.4. The smallest absolute Gasteiger partial charge is 0.297 e. The molecule has 3 rings (SSSR count). The fourth-order valence-corrected chi connectivity index (χ4v) is 3.94. The number of pyridine rings is 1. The molecule has 1 aromatic carbocycles. The van der Waals surface area contributed by atoms with Crippen molar-refractivity contribution in [2.45, 2.75) is 12.5 Å². The van der Waals surface area contributed by atoms with Crippen LogP contribution in [0.4, 0.5) is 4.39 Å². The molecule has 10 heteroatoms. The molecule has 0 radical (unpaired) electrons. The maximum atomic E-state index is 14.4. The molecule has 0 amide bonds. The predicted molar refractivity (Wildman–Crippen MR) is 101 cm³/mol. The Morgan fingerprint density at radius 3 is 2.81 bits per heavy atom. The van der Waals surface area contributed by atoms with Crippen LogP contribution in [0.1, 0.15) is 6.42 Å². The van der Waals surface area contributed by atoms with E-state index in [4.69, 9.17) is 31.8 Å². The number of hydrogen-bond acceptors (Lipinski definition) is 5. The van der Waals surface area contributed by atoms with E-state index >= 15 is 0 Å². The minimum absolute atomic E-state index is 0.0609. The van der Waals surface area contributed by atoms with E-state index in [0.717, 1.165) is 0 Å². The number of aromatic nitrogens is 1. The van der Waals surface area contributed by atoms with Crippen molar-refractivity contribution in [3.8, 4) is 17.0 Å². The summed E-state index contributed by atoms with van der Waals surface area (Å²) < 4.78 is 50.2. The van der Waals surface area contributed by atoms with Crippen LogP contribution in [-0.4, -0.2) is 39.3 Å². The van der Waals surface area contributed by atoms with Crippen LogP contribution in [0.25, 0.3) is 11.3 Å². The first-order valence-corrected chi connectivity index (χ1v) is 10.8. The zero-order valence-electron chi connectivity index (χ0n) is 14.1. The molecule has 0 bridgehead atoms. The first-order valence-electron chi connectivity index (χ1n) is 8.16. The second-order valence-corrected chi connectivity index (χ2v) is 8.87. The standard InChI is InChI=1S/C17H17Cl2FN2O4S/c18-13-2-3-15(21-8-13)11-1-4-17(14(20)7-11)26-10-12-9-25-6-5-16(12)22-27(19,23)24/h1-4,7-8,12,16,22H,5-6,9-10H2. The molecule has 1 aromatic heterocycles. The van der Waals surface area contributed by atoms with Gasteiger partial charge in [-0.2, -0.15) is 13.1 Å². The summed E-state index contributed by atoms with van der Waals surface area (Å²) in [4.78, 5) is 4.15. The molecule has 1 aliphatic rings. The summed E-state index contributed by atoms with van der Waals surface area (Å²) in [7, 11) is 1.40. The molecule has 1 aliphatic heterocycles. The van der Waals surface area contributed by atoms with Gasteiger partial charge < -0.3 is 9.47 Å². The van der Waals surface area contributed by atoms with E-state index in [1.807, 2.05) is 0 Å². The third-order valence-electron chi connectivity index (χ3n) is 4.17. The summed E-state index contributed by atoms with van der Waals surface area (Å²) in [5.41, 5.74) is 1.17. The highest BCUT2D eigenvalue weighted by atomic mass is 35.7. The van der Waals surface area contributed by atoms with Gasteiger partial charge in [0.15, 0.2) is 11.6 Å². The Bertz CT molecular complexity index is 896. The van der Waals surface area contributed by atoms with E-state index in [0.29, 0.717) is 35.9 Å². The largest absolute Gasteiger partial charge is 0.490 e. The Labute approximate surface area is 166 Å². The number of halogens is 3. The Balaban J connectivity index is 1.67. The lowest BCUT2D eigenvalue weighted by Gasteiger charge is -2.31. The van der Waals surface area contributed by atoms with Gasteiger partial charge in [-0.15, -0.1) is 0 Å². The Morgan fingerprint density at radius 1 is 1.33 bits per heavy atom. The summed E-state index contributed by atoms with van der Waals surface area (Å²) in [5, 5.41) is 0.496. The molecule has 146 valence electrons. The molecule has 1 saturated heterocycles. The highest BCUT2D eigenvalue weighted by molar-refractivity contribution is 8.12. The second-order valence-electron chi connectivity index (χ2n) is 6.10. The van der Waals surface area contributed by atoms with E-state index in [1.165, 1.54) is 18.3 Å². The van der Waals surface area contributed by atoms with Gasteiger partial charge in [0.2, 0.25) is 0 Å². The van der Waals surface area contributed by atoms with Crippen molar-refractivity contribution >= 4 is 31.5 Å². The van der Waals surface area contributed by atoms with Crippen molar-refractivity contribution in [3.63, 3.8) is 0 Å². The number of hydrogen-bond donors (Lipinski definition) is 1. The maximum Gasteiger partial charge on any atom is 0.297 e. The fourth-order valence-electron chi connectivity index (χ4n) is 2.82. The van der Waals surface area contributed by atoms with E-state index in [2.05, 4.69) is 9.71 Å². The van der Waals surface area contributed by atoms with Gasteiger partial charge in [0.1, 0.15) is 0 Å². The van der Waals surface area contributed by atoms with Crippen LogP contribution in [0, 0.1) is 11.7 Å². The monoisotopic (exact) mass is 434 g/mol. The molecule has 6 nitrogen and oxygen atoms in total. The molecular formula is C17H17Cl2FN2O4S. The molecule has 2 unspecified atom stereocenters. The maximum absolute atomic E-state index is 14.4. The lowest BCUT2D eigenvalue weighted by molar-refractivity contribution is 0.0182. The topological polar surface area (TPSA) is 77.5 Å². The highest BCUT2D eigenvalue weighted by Gasteiger charge is 2.29. The second kappa shape index (κ2) is 8.70. The molecule has 0 aliphatic carbocycles. The summed E-state index contributed by atoms with van der Waals surface area (Å²) in [6.45, 7) is 0.787. The molecular weight excluding hydrogens is 418 g/mol. The van der Waals surface area contributed by atoms with Crippen LogP contribution in [0.5, 0.6) is 5.75 Å². The van der Waals surface area contributed by atoms with Crippen LogP contribution in [-0.2, 0) is 14.0 Å². The van der Waals surface area contributed by atoms with Crippen molar-refractivity contribution in [2.24, 2.45) is 5.92 Å². The Morgan fingerprint density at radius 2 is 2.15 bits per heavy atom. The average molecular weight is 435 g/mol. The lowest BCUT2D eigenvalue weighted by atomic mass is 9.98. The molecule has 0 saturated carbocycles. The lowest BCUT2D eigenvalue weighted by Crippen LogP contribution is -2.46. The molecule has 2 heterocycles. The predicted octanol–water partition coefficient (Wildman–Crippen LogP) is 3.40. The summed E-state index contributed by atoms with van der Waals surface area (Å²) in [6, 6.07) is 7.45. The van der Waals surface area contributed by atoms with Crippen molar-refractivity contribution in [1.82, 2.24) is 9.71 Å². The van der Waals surface area contributed by atoms with Gasteiger partial charge >= 0.3 is 0 Å². The van der Waals surface area contributed by atoms with Crippen LogP contribution < -0.4 is 9.46 Å². The van der Waals surface area contributed by atoms with Gasteiger partial charge in [-0.05, 0) is 36.8 Å². The first kappa shape index (κ1) is 20.3. The zero-order chi connectivity index (χ0) is 19.4. The minimum Gasteiger partial charge on any atom is -0.490 e. The zero-order valence-corrected chi connectivity index (χ0v) is 16.4. The van der Waals surface area contributed by atoms with Crippen molar-refractivity contribution in [2.75, 3.05) is 19.8 Å². The van der Waals surface area contributed by atoms with Gasteiger partial charge in [0, 0.05) is 41.0 Å². The quantitative estimate of drug-likeness (QED) is 0.704. The van der Waals surface area contributed by atoms with Crippen molar-refractivity contribution < 1.29 is 22.3 Å². The van der Waals surface area contributed by atoms with E-state index < -0.39 is 21.1 Å². The molecule has 1 N–H and O–H groups in total. The fraction of sp³-hybridized carbons (Fsp3) is 0.353. The molecule has 2 aromatic rings. The van der Waals surface area contributed by atoms with Gasteiger partial charge in [-0.1, -0.05) is 11.6 Å². The average Bonchev–Trinajstić information content (AvgIpc) is 2.61. The molecule has 27 heavy (non-hydrogen) atoms. The van der Waals surface area contributed by atoms with E-state index in [9.17, 15) is 12.8 Å². The summed E-state index contributed by atoms with van der Waals surface area (Å²) >= 11 is 5.80. The van der Waals surface area contributed by atoms with Crippen LogP contribution in [0.15, 0.2) is 36.5 Å². The van der Waals surface area contributed by atoms with Gasteiger partial charge in [0.05, 0.1) is 23.9 Å². The van der Waals surface area contributed by atoms with Crippen LogP contribution in [0.3, 0.4) is 0 Å². The van der Waals surface area contributed by atoms with Gasteiger partial charge in [-0.25, -0.2) is 4.39 Å². The third kappa shape index (κ3) is 5.76. The third-order valence-corrected chi connectivity index (χ3v) is 5.25. The number of rotatable bonds is 6. The molecule has 1 fully saturated rings. The summed E-state index contributed by atoms with van der Waals surface area (Å²) in [6.07, 6.45) is 1.95. The minimum atomic E-state index is -3.87. The van der Waals surface area contributed by atoms with Gasteiger partial charge in [0.25, 0.3) is 9.24 Å². The van der Waals surface area contributed by atoms with E-state index in [-0.39, 0.29) is 18.3 Å². The van der Waals surface area contributed by atoms with Crippen molar-refractivity contribution in [1.29, 1.82) is 0 Å².